The van der Waals surface area contributed by atoms with Gasteiger partial charge < -0.3 is 4.90 Å². The van der Waals surface area contributed by atoms with E-state index in [4.69, 9.17) is 0 Å². The second-order valence-corrected chi connectivity index (χ2v) is 6.69. The number of nitrogens with one attached hydrogen (secondary N) is 1. The molecule has 2 heterocycles. The van der Waals surface area contributed by atoms with Crippen LogP contribution in [-0.4, -0.2) is 52.1 Å². The molecule has 0 atom stereocenters. The van der Waals surface area contributed by atoms with Gasteiger partial charge in [0.15, 0.2) is 0 Å². The molecular weight excluding hydrogens is 343 g/mol. The number of nitrogens with zero attached hydrogens (tertiary/aromatic N) is 3. The van der Waals surface area contributed by atoms with Gasteiger partial charge in [0, 0.05) is 43.9 Å². The fourth-order valence-corrected chi connectivity index (χ4v) is 3.34. The Morgan fingerprint density at radius 3 is 2.44 bits per heavy atom. The van der Waals surface area contributed by atoms with Crippen LogP contribution in [0.2, 0.25) is 0 Å². The van der Waals surface area contributed by atoms with E-state index in [0.29, 0.717) is 30.9 Å². The number of H-pyrrole nitrogens is 1. The van der Waals surface area contributed by atoms with Gasteiger partial charge in [0.05, 0.1) is 5.69 Å². The van der Waals surface area contributed by atoms with Crippen LogP contribution in [0.1, 0.15) is 16.1 Å². The number of aromatic amines is 1. The van der Waals surface area contributed by atoms with Crippen molar-refractivity contribution in [1.29, 1.82) is 0 Å². The molecule has 0 unspecified atom stereocenters. The highest BCUT2D eigenvalue weighted by Gasteiger charge is 2.24. The van der Waals surface area contributed by atoms with E-state index < -0.39 is 0 Å². The minimum atomic E-state index is -0.179. The Hall–Kier alpha value is -2.99. The molecule has 0 radical (unpaired) electrons. The van der Waals surface area contributed by atoms with Crippen molar-refractivity contribution in [2.24, 2.45) is 0 Å². The van der Waals surface area contributed by atoms with E-state index in [1.165, 1.54) is 6.07 Å². The Bertz CT molecular complexity index is 917. The molecule has 0 saturated carbocycles. The van der Waals surface area contributed by atoms with Crippen LogP contribution in [0.15, 0.2) is 60.7 Å². The lowest BCUT2D eigenvalue weighted by molar-refractivity contribution is 0.0621. The average molecular weight is 364 g/mol. The molecule has 3 aromatic rings. The van der Waals surface area contributed by atoms with Crippen LogP contribution in [0.25, 0.3) is 11.3 Å². The SMILES string of the molecule is O=C(c1cc(-c2ccccc2)n[nH]1)N1CCN(Cc2ccccc2F)CC1. The second-order valence-electron chi connectivity index (χ2n) is 6.69. The summed E-state index contributed by atoms with van der Waals surface area (Å²) in [4.78, 5) is 16.7. The maximum atomic E-state index is 13.8. The van der Waals surface area contributed by atoms with Gasteiger partial charge in [-0.2, -0.15) is 5.10 Å². The van der Waals surface area contributed by atoms with Crippen LogP contribution in [-0.2, 0) is 6.54 Å². The number of halogens is 1. The largest absolute Gasteiger partial charge is 0.335 e. The minimum Gasteiger partial charge on any atom is -0.335 e. The maximum absolute atomic E-state index is 13.8. The molecular formula is C21H21FN4O. The number of hydrogen-bond donors (Lipinski definition) is 1. The lowest BCUT2D eigenvalue weighted by Crippen LogP contribution is -2.48. The van der Waals surface area contributed by atoms with Crippen molar-refractivity contribution in [1.82, 2.24) is 20.0 Å². The molecule has 5 nitrogen and oxygen atoms in total. The number of carbonyl (C=O) groups is 1. The monoisotopic (exact) mass is 364 g/mol. The fourth-order valence-electron chi connectivity index (χ4n) is 3.34. The van der Waals surface area contributed by atoms with Crippen LogP contribution >= 0.6 is 0 Å². The second kappa shape index (κ2) is 7.72. The third-order valence-corrected chi connectivity index (χ3v) is 4.89. The first-order chi connectivity index (χ1) is 13.2. The van der Waals surface area contributed by atoms with Crippen molar-refractivity contribution >= 4 is 5.91 Å². The summed E-state index contributed by atoms with van der Waals surface area (Å²) in [6.07, 6.45) is 0. The van der Waals surface area contributed by atoms with Gasteiger partial charge in [-0.3, -0.25) is 14.8 Å². The third kappa shape index (κ3) is 3.90. The summed E-state index contributed by atoms with van der Waals surface area (Å²) >= 11 is 0. The molecule has 0 spiro atoms. The van der Waals surface area contributed by atoms with Crippen molar-refractivity contribution in [3.63, 3.8) is 0 Å². The standard InChI is InChI=1S/C21H21FN4O/c22-18-9-5-4-8-17(18)15-25-10-12-26(13-11-25)21(27)20-14-19(23-24-20)16-6-2-1-3-7-16/h1-9,14H,10-13,15H2,(H,23,24). The number of rotatable bonds is 4. The molecule has 1 N–H and O–H groups in total. The van der Waals surface area contributed by atoms with Crippen molar-refractivity contribution in [3.05, 3.63) is 77.7 Å². The van der Waals surface area contributed by atoms with Crippen LogP contribution in [0.5, 0.6) is 0 Å². The zero-order valence-electron chi connectivity index (χ0n) is 14.9. The Balaban J connectivity index is 1.36. The van der Waals surface area contributed by atoms with E-state index in [1.807, 2.05) is 47.4 Å². The molecule has 2 aromatic carbocycles. The Morgan fingerprint density at radius 2 is 1.70 bits per heavy atom. The van der Waals surface area contributed by atoms with Gasteiger partial charge in [-0.25, -0.2) is 4.39 Å². The molecule has 0 bridgehead atoms. The van der Waals surface area contributed by atoms with E-state index in [9.17, 15) is 9.18 Å². The molecule has 138 valence electrons. The van der Waals surface area contributed by atoms with E-state index in [0.717, 1.165) is 24.3 Å². The van der Waals surface area contributed by atoms with Gasteiger partial charge in [0.25, 0.3) is 5.91 Å². The van der Waals surface area contributed by atoms with E-state index in [2.05, 4.69) is 15.1 Å². The number of aromatic nitrogens is 2. The summed E-state index contributed by atoms with van der Waals surface area (Å²) in [5.41, 5.74) is 2.93. The van der Waals surface area contributed by atoms with Crippen molar-refractivity contribution in [2.45, 2.75) is 6.54 Å². The Kier molecular flexibility index (Phi) is 4.98. The highest BCUT2D eigenvalue weighted by molar-refractivity contribution is 5.93. The fraction of sp³-hybridized carbons (Fsp3) is 0.238. The highest BCUT2D eigenvalue weighted by Crippen LogP contribution is 2.18. The Labute approximate surface area is 157 Å². The molecule has 1 aromatic heterocycles. The predicted molar refractivity (Wildman–Crippen MR) is 102 cm³/mol. The van der Waals surface area contributed by atoms with Crippen LogP contribution in [0.4, 0.5) is 4.39 Å². The molecule has 6 heteroatoms. The van der Waals surface area contributed by atoms with Crippen molar-refractivity contribution in [3.8, 4) is 11.3 Å². The molecule has 1 aliphatic rings. The summed E-state index contributed by atoms with van der Waals surface area (Å²) in [6.45, 7) is 3.25. The normalized spacial score (nSPS) is 15.1. The van der Waals surface area contributed by atoms with Gasteiger partial charge in [0.2, 0.25) is 0 Å². The van der Waals surface area contributed by atoms with Crippen LogP contribution in [0.3, 0.4) is 0 Å². The summed E-state index contributed by atoms with van der Waals surface area (Å²) in [5.74, 6) is -0.225. The van der Waals surface area contributed by atoms with Gasteiger partial charge in [-0.15, -0.1) is 0 Å². The lowest BCUT2D eigenvalue weighted by atomic mass is 10.1. The van der Waals surface area contributed by atoms with Crippen molar-refractivity contribution < 1.29 is 9.18 Å². The van der Waals surface area contributed by atoms with Crippen LogP contribution < -0.4 is 0 Å². The summed E-state index contributed by atoms with van der Waals surface area (Å²) in [7, 11) is 0. The summed E-state index contributed by atoms with van der Waals surface area (Å²) in [6, 6.07) is 18.4. The molecule has 1 aliphatic heterocycles. The number of benzene rings is 2. The number of carbonyl (C=O) groups excluding carboxylic acids is 1. The molecule has 0 aliphatic carbocycles. The smallest absolute Gasteiger partial charge is 0.271 e. The lowest BCUT2D eigenvalue weighted by Gasteiger charge is -2.34. The first-order valence-electron chi connectivity index (χ1n) is 9.06. The quantitative estimate of drug-likeness (QED) is 0.774. The van der Waals surface area contributed by atoms with E-state index in [1.54, 1.807) is 12.1 Å². The Morgan fingerprint density at radius 1 is 1.00 bits per heavy atom. The molecule has 1 saturated heterocycles. The third-order valence-electron chi connectivity index (χ3n) is 4.89. The summed E-state index contributed by atoms with van der Waals surface area (Å²) in [5, 5.41) is 7.11. The number of hydrogen-bond acceptors (Lipinski definition) is 3. The van der Waals surface area contributed by atoms with Crippen molar-refractivity contribution in [2.75, 3.05) is 26.2 Å². The molecule has 1 amide bonds. The zero-order chi connectivity index (χ0) is 18.6. The highest BCUT2D eigenvalue weighted by atomic mass is 19.1. The van der Waals surface area contributed by atoms with E-state index in [-0.39, 0.29) is 11.7 Å². The number of piperazine rings is 1. The van der Waals surface area contributed by atoms with Gasteiger partial charge >= 0.3 is 0 Å². The summed E-state index contributed by atoms with van der Waals surface area (Å²) < 4.78 is 13.8. The number of amides is 1. The molecule has 27 heavy (non-hydrogen) atoms. The van der Waals surface area contributed by atoms with E-state index >= 15 is 0 Å². The topological polar surface area (TPSA) is 52.2 Å². The molecule has 1 fully saturated rings. The van der Waals surface area contributed by atoms with Gasteiger partial charge in [-0.1, -0.05) is 48.5 Å². The van der Waals surface area contributed by atoms with Gasteiger partial charge in [0.1, 0.15) is 11.5 Å². The zero-order valence-corrected chi connectivity index (χ0v) is 14.9. The first kappa shape index (κ1) is 17.4. The van der Waals surface area contributed by atoms with Crippen LogP contribution in [0, 0.1) is 5.82 Å². The predicted octanol–water partition coefficient (Wildman–Crippen LogP) is 3.17. The maximum Gasteiger partial charge on any atom is 0.271 e. The first-order valence-corrected chi connectivity index (χ1v) is 9.06. The minimum absolute atomic E-state index is 0.0461. The average Bonchev–Trinajstić information content (AvgIpc) is 3.21. The molecule has 4 rings (SSSR count). The van der Waals surface area contributed by atoms with Gasteiger partial charge in [-0.05, 0) is 12.1 Å².